The number of hydrogen-bond acceptors (Lipinski definition) is 4. The van der Waals surface area contributed by atoms with Crippen molar-refractivity contribution >= 4 is 23.4 Å². The van der Waals surface area contributed by atoms with Gasteiger partial charge < -0.3 is 9.64 Å². The van der Waals surface area contributed by atoms with Crippen LogP contribution in [0, 0.1) is 0 Å². The zero-order valence-electron chi connectivity index (χ0n) is 13.0. The molecule has 1 aromatic carbocycles. The summed E-state index contributed by atoms with van der Waals surface area (Å²) in [6, 6.07) is 7.80. The van der Waals surface area contributed by atoms with Crippen molar-refractivity contribution in [2.24, 2.45) is 0 Å². The quantitative estimate of drug-likeness (QED) is 0.925. The average Bonchev–Trinajstić information content (AvgIpc) is 2.58. The fraction of sp³-hybridized carbons (Fsp3) is 0.235. The minimum atomic E-state index is -0.533. The van der Waals surface area contributed by atoms with Gasteiger partial charge in [0.2, 0.25) is 5.91 Å². The van der Waals surface area contributed by atoms with Crippen molar-refractivity contribution in [1.82, 2.24) is 4.98 Å². The lowest BCUT2D eigenvalue weighted by Gasteiger charge is -2.26. The highest BCUT2D eigenvalue weighted by atomic mass is 16.5. The Hall–Kier alpha value is -2.89. The zero-order chi connectivity index (χ0) is 16.4. The molecule has 23 heavy (non-hydrogen) atoms. The molecule has 0 bridgehead atoms. The molecule has 0 saturated heterocycles. The Morgan fingerprint density at radius 3 is 2.83 bits per heavy atom. The first-order valence-corrected chi connectivity index (χ1v) is 7.28. The Morgan fingerprint density at radius 2 is 2.04 bits per heavy atom. The number of nitrogens with zero attached hydrogens (tertiary/aromatic N) is 2. The van der Waals surface area contributed by atoms with Crippen LogP contribution < -0.4 is 10.2 Å². The Labute approximate surface area is 134 Å². The molecule has 6 nitrogen and oxygen atoms in total. The van der Waals surface area contributed by atoms with E-state index >= 15 is 0 Å². The van der Waals surface area contributed by atoms with E-state index in [-0.39, 0.29) is 5.91 Å². The molecule has 0 aliphatic carbocycles. The van der Waals surface area contributed by atoms with Gasteiger partial charge in [0, 0.05) is 30.9 Å². The van der Waals surface area contributed by atoms with E-state index in [1.807, 2.05) is 18.2 Å². The molecule has 0 radical (unpaired) electrons. The van der Waals surface area contributed by atoms with Crippen LogP contribution in [0.15, 0.2) is 36.7 Å². The standard InChI is InChI=1S/C17H17N3O3/c1-20-15-5-3-11(7-12(15)4-6-16(20)21)13-8-14(10-18-9-13)19-17(22)23-2/h3,5,7-10H,4,6H2,1-2H3,(H,19,22). The fourth-order valence-electron chi connectivity index (χ4n) is 2.67. The predicted octanol–water partition coefficient (Wildman–Crippen LogP) is 2.84. The highest BCUT2D eigenvalue weighted by Crippen LogP contribution is 2.31. The number of hydrogen-bond donors (Lipinski definition) is 1. The number of fused-ring (bicyclic) bond motifs is 1. The topological polar surface area (TPSA) is 71.5 Å². The van der Waals surface area contributed by atoms with Crippen LogP contribution in [0.4, 0.5) is 16.2 Å². The van der Waals surface area contributed by atoms with Crippen LogP contribution in [0.2, 0.25) is 0 Å². The normalized spacial score (nSPS) is 13.5. The summed E-state index contributed by atoms with van der Waals surface area (Å²) >= 11 is 0. The number of benzene rings is 1. The van der Waals surface area contributed by atoms with Crippen molar-refractivity contribution in [2.45, 2.75) is 12.8 Å². The summed E-state index contributed by atoms with van der Waals surface area (Å²) in [5.41, 5.74) is 4.53. The van der Waals surface area contributed by atoms with Gasteiger partial charge in [-0.25, -0.2) is 4.79 Å². The second-order valence-electron chi connectivity index (χ2n) is 5.38. The Kier molecular flexibility index (Phi) is 3.97. The molecule has 2 aromatic rings. The molecular weight excluding hydrogens is 294 g/mol. The largest absolute Gasteiger partial charge is 0.453 e. The lowest BCUT2D eigenvalue weighted by molar-refractivity contribution is -0.118. The SMILES string of the molecule is COC(=O)Nc1cncc(-c2ccc3c(c2)CCC(=O)N3C)c1. The molecule has 0 saturated carbocycles. The number of methoxy groups -OCH3 is 1. The molecule has 6 heteroatoms. The number of ether oxygens (including phenoxy) is 1. The van der Waals surface area contributed by atoms with Gasteiger partial charge in [0.25, 0.3) is 0 Å². The number of aromatic nitrogens is 1. The molecule has 118 valence electrons. The van der Waals surface area contributed by atoms with Crippen LogP contribution in [0.3, 0.4) is 0 Å². The zero-order valence-corrected chi connectivity index (χ0v) is 13.0. The third kappa shape index (κ3) is 3.01. The summed E-state index contributed by atoms with van der Waals surface area (Å²) < 4.78 is 4.58. The number of nitrogens with one attached hydrogen (secondary N) is 1. The minimum absolute atomic E-state index is 0.135. The molecule has 1 aliphatic rings. The summed E-state index contributed by atoms with van der Waals surface area (Å²) in [6.07, 6.45) is 4.02. The predicted molar refractivity (Wildman–Crippen MR) is 87.4 cm³/mol. The summed E-state index contributed by atoms with van der Waals surface area (Å²) in [7, 11) is 3.11. The molecule has 3 rings (SSSR count). The van der Waals surface area contributed by atoms with Crippen molar-refractivity contribution in [3.05, 3.63) is 42.2 Å². The van der Waals surface area contributed by atoms with Crippen molar-refractivity contribution in [1.29, 1.82) is 0 Å². The first kappa shape index (κ1) is 15.0. The van der Waals surface area contributed by atoms with Crippen LogP contribution in [-0.2, 0) is 16.0 Å². The number of pyridine rings is 1. The average molecular weight is 311 g/mol. The van der Waals surface area contributed by atoms with Gasteiger partial charge in [-0.15, -0.1) is 0 Å². The van der Waals surface area contributed by atoms with Gasteiger partial charge in [-0.1, -0.05) is 6.07 Å². The molecule has 0 unspecified atom stereocenters. The van der Waals surface area contributed by atoms with E-state index in [1.54, 1.807) is 24.3 Å². The van der Waals surface area contributed by atoms with E-state index in [9.17, 15) is 9.59 Å². The second-order valence-corrected chi connectivity index (χ2v) is 5.38. The molecule has 2 amide bonds. The maximum absolute atomic E-state index is 11.8. The Morgan fingerprint density at radius 1 is 1.22 bits per heavy atom. The fourth-order valence-corrected chi connectivity index (χ4v) is 2.67. The van der Waals surface area contributed by atoms with E-state index in [1.165, 1.54) is 7.11 Å². The van der Waals surface area contributed by atoms with Gasteiger partial charge >= 0.3 is 6.09 Å². The summed E-state index contributed by atoms with van der Waals surface area (Å²) in [5, 5.41) is 2.60. The van der Waals surface area contributed by atoms with Crippen LogP contribution in [0.5, 0.6) is 0 Å². The van der Waals surface area contributed by atoms with E-state index in [4.69, 9.17) is 0 Å². The smallest absolute Gasteiger partial charge is 0.411 e. The summed E-state index contributed by atoms with van der Waals surface area (Å²) in [5.74, 6) is 0.135. The molecule has 1 N–H and O–H groups in total. The van der Waals surface area contributed by atoms with Gasteiger partial charge in [0.15, 0.2) is 0 Å². The number of carbonyl (C=O) groups excluding carboxylic acids is 2. The Bertz CT molecular complexity index is 773. The number of carbonyl (C=O) groups is 2. The van der Waals surface area contributed by atoms with Crippen molar-refractivity contribution in [3.8, 4) is 11.1 Å². The minimum Gasteiger partial charge on any atom is -0.453 e. The highest BCUT2D eigenvalue weighted by Gasteiger charge is 2.21. The number of amides is 2. The molecule has 0 spiro atoms. The first-order valence-electron chi connectivity index (χ1n) is 7.28. The van der Waals surface area contributed by atoms with Gasteiger partial charge in [0.1, 0.15) is 0 Å². The summed E-state index contributed by atoms with van der Waals surface area (Å²) in [6.45, 7) is 0. The van der Waals surface area contributed by atoms with Crippen molar-refractivity contribution in [3.63, 3.8) is 0 Å². The van der Waals surface area contributed by atoms with E-state index in [2.05, 4.69) is 21.1 Å². The molecule has 0 fully saturated rings. The van der Waals surface area contributed by atoms with Crippen molar-refractivity contribution < 1.29 is 14.3 Å². The van der Waals surface area contributed by atoms with Crippen LogP contribution in [-0.4, -0.2) is 31.1 Å². The summed E-state index contributed by atoms with van der Waals surface area (Å²) in [4.78, 5) is 28.9. The van der Waals surface area contributed by atoms with E-state index < -0.39 is 6.09 Å². The van der Waals surface area contributed by atoms with Gasteiger partial charge in [0.05, 0.1) is 19.0 Å². The molecule has 2 heterocycles. The van der Waals surface area contributed by atoms with Crippen LogP contribution in [0.1, 0.15) is 12.0 Å². The van der Waals surface area contributed by atoms with E-state index in [0.29, 0.717) is 12.1 Å². The first-order chi connectivity index (χ1) is 11.1. The monoisotopic (exact) mass is 311 g/mol. The highest BCUT2D eigenvalue weighted by molar-refractivity contribution is 5.96. The molecule has 1 aromatic heterocycles. The number of aryl methyl sites for hydroxylation is 1. The van der Waals surface area contributed by atoms with Crippen LogP contribution >= 0.6 is 0 Å². The van der Waals surface area contributed by atoms with Gasteiger partial charge in [-0.05, 0) is 35.7 Å². The molecular formula is C17H17N3O3. The third-order valence-corrected chi connectivity index (χ3v) is 3.93. The third-order valence-electron chi connectivity index (χ3n) is 3.93. The Balaban J connectivity index is 1.92. The van der Waals surface area contributed by atoms with Gasteiger partial charge in [-0.2, -0.15) is 0 Å². The molecule has 1 aliphatic heterocycles. The maximum atomic E-state index is 11.8. The lowest BCUT2D eigenvalue weighted by Crippen LogP contribution is -2.30. The second kappa shape index (κ2) is 6.08. The number of anilines is 2. The lowest BCUT2D eigenvalue weighted by atomic mass is 9.96. The van der Waals surface area contributed by atoms with Crippen LogP contribution in [0.25, 0.3) is 11.1 Å². The van der Waals surface area contributed by atoms with Gasteiger partial charge in [-0.3, -0.25) is 15.1 Å². The van der Waals surface area contributed by atoms with Crippen molar-refractivity contribution in [2.75, 3.05) is 24.4 Å². The number of rotatable bonds is 2. The maximum Gasteiger partial charge on any atom is 0.411 e. The molecule has 0 atom stereocenters. The van der Waals surface area contributed by atoms with E-state index in [0.717, 1.165) is 28.8 Å².